The molecule has 1 atom stereocenters. The number of carbonyl (C=O) groups excluding carboxylic acids is 2. The van der Waals surface area contributed by atoms with Crippen LogP contribution in [-0.4, -0.2) is 29.4 Å². The number of anilines is 1. The molecular weight excluding hydrogens is 272 g/mol. The van der Waals surface area contributed by atoms with Crippen molar-refractivity contribution in [1.82, 2.24) is 5.32 Å². The Morgan fingerprint density at radius 1 is 1.42 bits per heavy atom. The Morgan fingerprint density at radius 2 is 2.16 bits per heavy atom. The van der Waals surface area contributed by atoms with Gasteiger partial charge in [0.05, 0.1) is 22.2 Å². The molecule has 1 saturated heterocycles. The van der Waals surface area contributed by atoms with Crippen molar-refractivity contribution < 1.29 is 19.5 Å². The zero-order chi connectivity index (χ0) is 14.0. The van der Waals surface area contributed by atoms with Crippen LogP contribution in [0.4, 0.5) is 5.69 Å². The second-order valence-corrected chi connectivity index (χ2v) is 4.57. The number of carboxylic acids is 1. The lowest BCUT2D eigenvalue weighted by molar-refractivity contribution is -0.123. The van der Waals surface area contributed by atoms with Crippen molar-refractivity contribution in [2.24, 2.45) is 5.92 Å². The molecule has 1 aliphatic heterocycles. The molecule has 1 aliphatic rings. The minimum atomic E-state index is -1.18. The van der Waals surface area contributed by atoms with Gasteiger partial charge in [-0.1, -0.05) is 17.7 Å². The van der Waals surface area contributed by atoms with Crippen LogP contribution in [0.15, 0.2) is 18.2 Å². The summed E-state index contributed by atoms with van der Waals surface area (Å²) in [6.45, 7) is 0.248. The standard InChI is InChI=1S/C12H11ClN2O4/c13-8-3-1-2-7(12(18)19)10(8)15-11(17)6-4-9(16)14-5-6/h1-3,6H,4-5H2,(H,14,16)(H,15,17)(H,18,19). The minimum absolute atomic E-state index is 0.0565. The van der Waals surface area contributed by atoms with Gasteiger partial charge < -0.3 is 15.7 Å². The Kier molecular flexibility index (Phi) is 3.71. The van der Waals surface area contributed by atoms with Crippen LogP contribution in [0.25, 0.3) is 0 Å². The van der Waals surface area contributed by atoms with Crippen molar-refractivity contribution in [3.63, 3.8) is 0 Å². The van der Waals surface area contributed by atoms with Gasteiger partial charge in [0.15, 0.2) is 0 Å². The second-order valence-electron chi connectivity index (χ2n) is 4.16. The number of amides is 2. The highest BCUT2D eigenvalue weighted by atomic mass is 35.5. The van der Waals surface area contributed by atoms with Crippen molar-refractivity contribution in [3.05, 3.63) is 28.8 Å². The number of nitrogens with one attached hydrogen (secondary N) is 2. The first kappa shape index (κ1) is 13.4. The second kappa shape index (κ2) is 5.27. The number of carbonyl (C=O) groups is 3. The number of hydrogen-bond acceptors (Lipinski definition) is 3. The van der Waals surface area contributed by atoms with E-state index in [1.807, 2.05) is 0 Å². The highest BCUT2D eigenvalue weighted by Gasteiger charge is 2.29. The van der Waals surface area contributed by atoms with Crippen LogP contribution in [0.2, 0.25) is 5.02 Å². The van der Waals surface area contributed by atoms with Crippen LogP contribution < -0.4 is 10.6 Å². The van der Waals surface area contributed by atoms with Crippen LogP contribution in [-0.2, 0) is 9.59 Å². The molecule has 0 saturated carbocycles. The summed E-state index contributed by atoms with van der Waals surface area (Å²) in [5, 5.41) is 14.2. The van der Waals surface area contributed by atoms with Gasteiger partial charge >= 0.3 is 5.97 Å². The number of carboxylic acid groups (broad SMARTS) is 1. The molecule has 2 rings (SSSR count). The van der Waals surface area contributed by atoms with E-state index in [-0.39, 0.29) is 35.1 Å². The van der Waals surface area contributed by atoms with Crippen LogP contribution in [0.3, 0.4) is 0 Å². The van der Waals surface area contributed by atoms with Gasteiger partial charge in [-0.15, -0.1) is 0 Å². The maximum Gasteiger partial charge on any atom is 0.337 e. The first-order valence-corrected chi connectivity index (χ1v) is 5.96. The van der Waals surface area contributed by atoms with E-state index >= 15 is 0 Å². The van der Waals surface area contributed by atoms with Crippen molar-refractivity contribution in [2.45, 2.75) is 6.42 Å². The third kappa shape index (κ3) is 2.85. The predicted molar refractivity (Wildman–Crippen MR) is 68.2 cm³/mol. The molecule has 6 nitrogen and oxygen atoms in total. The number of halogens is 1. The molecule has 0 spiro atoms. The molecule has 7 heteroatoms. The van der Waals surface area contributed by atoms with Crippen LogP contribution in [0, 0.1) is 5.92 Å². The topological polar surface area (TPSA) is 95.5 Å². The van der Waals surface area contributed by atoms with Crippen molar-refractivity contribution in [3.8, 4) is 0 Å². The molecule has 1 aromatic carbocycles. The Balaban J connectivity index is 2.21. The molecule has 1 heterocycles. The maximum absolute atomic E-state index is 11.9. The molecule has 100 valence electrons. The normalized spacial score (nSPS) is 17.9. The summed E-state index contributed by atoms with van der Waals surface area (Å²) in [5.74, 6) is -2.31. The third-order valence-corrected chi connectivity index (χ3v) is 3.16. The SMILES string of the molecule is O=C1CC(C(=O)Nc2c(Cl)cccc2C(=O)O)CN1. The molecule has 19 heavy (non-hydrogen) atoms. The predicted octanol–water partition coefficient (Wildman–Crippen LogP) is 1.11. The van der Waals surface area contributed by atoms with Crippen LogP contribution in [0.5, 0.6) is 0 Å². The summed E-state index contributed by atoms with van der Waals surface area (Å²) in [4.78, 5) is 34.0. The van der Waals surface area contributed by atoms with Gasteiger partial charge in [-0.25, -0.2) is 4.79 Å². The lowest BCUT2D eigenvalue weighted by Gasteiger charge is -2.12. The van der Waals surface area contributed by atoms with Gasteiger partial charge in [0.2, 0.25) is 11.8 Å². The van der Waals surface area contributed by atoms with Gasteiger partial charge in [0.1, 0.15) is 0 Å². The van der Waals surface area contributed by atoms with Gasteiger partial charge in [0.25, 0.3) is 0 Å². The van der Waals surface area contributed by atoms with E-state index < -0.39 is 17.8 Å². The van der Waals surface area contributed by atoms with Gasteiger partial charge in [-0.3, -0.25) is 9.59 Å². The average Bonchev–Trinajstić information content (AvgIpc) is 2.78. The highest BCUT2D eigenvalue weighted by molar-refractivity contribution is 6.34. The summed E-state index contributed by atoms with van der Waals surface area (Å²) in [5.41, 5.74) is -0.0286. The molecule has 0 aliphatic carbocycles. The molecule has 1 unspecified atom stereocenters. The minimum Gasteiger partial charge on any atom is -0.478 e. The quantitative estimate of drug-likeness (QED) is 0.774. The fraction of sp³-hybridized carbons (Fsp3) is 0.250. The average molecular weight is 283 g/mol. The maximum atomic E-state index is 11.9. The van der Waals surface area contributed by atoms with E-state index in [0.717, 1.165) is 0 Å². The van der Waals surface area contributed by atoms with Gasteiger partial charge in [-0.2, -0.15) is 0 Å². The molecule has 1 aromatic rings. The Labute approximate surface area is 113 Å². The van der Waals surface area contributed by atoms with E-state index in [4.69, 9.17) is 16.7 Å². The van der Waals surface area contributed by atoms with E-state index in [1.165, 1.54) is 18.2 Å². The van der Waals surface area contributed by atoms with Gasteiger partial charge in [0, 0.05) is 13.0 Å². The first-order valence-electron chi connectivity index (χ1n) is 5.58. The summed E-state index contributed by atoms with van der Waals surface area (Å²) in [7, 11) is 0. The summed E-state index contributed by atoms with van der Waals surface area (Å²) in [6.07, 6.45) is 0.0959. The fourth-order valence-corrected chi connectivity index (χ4v) is 2.07. The molecule has 0 aromatic heterocycles. The molecule has 0 bridgehead atoms. The van der Waals surface area contributed by atoms with E-state index in [2.05, 4.69) is 10.6 Å². The molecule has 2 amide bonds. The molecule has 0 radical (unpaired) electrons. The van der Waals surface area contributed by atoms with E-state index in [0.29, 0.717) is 0 Å². The summed E-state index contributed by atoms with van der Waals surface area (Å²) < 4.78 is 0. The lowest BCUT2D eigenvalue weighted by Crippen LogP contribution is -2.25. The van der Waals surface area contributed by atoms with Crippen molar-refractivity contribution in [1.29, 1.82) is 0 Å². The third-order valence-electron chi connectivity index (χ3n) is 2.84. The number of hydrogen-bond donors (Lipinski definition) is 3. The fourth-order valence-electron chi connectivity index (χ4n) is 1.85. The highest BCUT2D eigenvalue weighted by Crippen LogP contribution is 2.27. The van der Waals surface area contributed by atoms with Crippen LogP contribution >= 0.6 is 11.6 Å². The largest absolute Gasteiger partial charge is 0.478 e. The van der Waals surface area contributed by atoms with Crippen molar-refractivity contribution in [2.75, 3.05) is 11.9 Å². The van der Waals surface area contributed by atoms with Crippen molar-refractivity contribution >= 4 is 35.1 Å². The number of benzene rings is 1. The lowest BCUT2D eigenvalue weighted by atomic mass is 10.1. The van der Waals surface area contributed by atoms with E-state index in [9.17, 15) is 14.4 Å². The Morgan fingerprint density at radius 3 is 2.74 bits per heavy atom. The number of para-hydroxylation sites is 1. The number of aromatic carboxylic acids is 1. The smallest absolute Gasteiger partial charge is 0.337 e. The monoisotopic (exact) mass is 282 g/mol. The Hall–Kier alpha value is -2.08. The van der Waals surface area contributed by atoms with E-state index in [1.54, 1.807) is 0 Å². The zero-order valence-corrected chi connectivity index (χ0v) is 10.5. The Bertz CT molecular complexity index is 559. The summed E-state index contributed by atoms with van der Waals surface area (Å²) >= 11 is 5.89. The van der Waals surface area contributed by atoms with Gasteiger partial charge in [-0.05, 0) is 12.1 Å². The zero-order valence-electron chi connectivity index (χ0n) is 9.77. The first-order chi connectivity index (χ1) is 8.99. The number of rotatable bonds is 3. The molecule has 3 N–H and O–H groups in total. The van der Waals surface area contributed by atoms with Crippen LogP contribution in [0.1, 0.15) is 16.8 Å². The summed E-state index contributed by atoms with van der Waals surface area (Å²) in [6, 6.07) is 4.33. The molecular formula is C12H11ClN2O4. The molecule has 1 fully saturated rings.